The minimum atomic E-state index is -0.735. The molecule has 0 atom stereocenters. The number of rotatable bonds is 5. The molecule has 0 aliphatic carbocycles. The summed E-state index contributed by atoms with van der Waals surface area (Å²) < 4.78 is 10.3. The lowest BCUT2D eigenvalue weighted by molar-refractivity contribution is -0.110. The molecule has 5 amide bonds. The Kier molecular flexibility index (Phi) is 11.8. The Morgan fingerprint density at radius 1 is 1.00 bits per heavy atom. The highest BCUT2D eigenvalue weighted by Crippen LogP contribution is 2.14. The number of hydrogen-bond donors (Lipinski definition) is 2. The van der Waals surface area contributed by atoms with Crippen LogP contribution in [0.15, 0.2) is 0 Å². The third-order valence-corrected chi connectivity index (χ3v) is 3.59. The van der Waals surface area contributed by atoms with Crippen LogP contribution in [-0.4, -0.2) is 65.3 Å². The van der Waals surface area contributed by atoms with Crippen molar-refractivity contribution in [1.82, 2.24) is 20.7 Å². The van der Waals surface area contributed by atoms with Gasteiger partial charge in [-0.05, 0) is 60.8 Å². The van der Waals surface area contributed by atoms with Crippen molar-refractivity contribution in [2.45, 2.75) is 85.4 Å². The van der Waals surface area contributed by atoms with E-state index >= 15 is 0 Å². The molecule has 0 radical (unpaired) electrons. The number of ether oxygens (including phenoxy) is 2. The standard InChI is InChI=1S/C11H21N3O4.C9H17NO2/c1-5-6-7-14(9(16)13-12-8-15)10(17)18-11(2,3)4;1-9(2,3)12-8(11)10-6-4-5-7-10/h8H,5-7H2,1-4H3,(H,12,15)(H,13,16);4-7H2,1-3H3. The fourth-order valence-electron chi connectivity index (χ4n) is 2.29. The Balaban J connectivity index is 0.000000604. The summed E-state index contributed by atoms with van der Waals surface area (Å²) in [7, 11) is 0. The number of unbranched alkanes of at least 4 members (excludes halogenated alkanes) is 1. The van der Waals surface area contributed by atoms with Gasteiger partial charge in [0.15, 0.2) is 0 Å². The topological polar surface area (TPSA) is 117 Å². The van der Waals surface area contributed by atoms with Crippen molar-refractivity contribution >= 4 is 24.6 Å². The molecular formula is C20H38N4O6. The molecule has 10 nitrogen and oxygen atoms in total. The predicted molar refractivity (Wildman–Crippen MR) is 113 cm³/mol. The number of nitrogens with zero attached hydrogens (tertiary/aromatic N) is 2. The van der Waals surface area contributed by atoms with E-state index in [4.69, 9.17) is 9.47 Å². The van der Waals surface area contributed by atoms with Crippen LogP contribution in [0.3, 0.4) is 0 Å². The highest BCUT2D eigenvalue weighted by molar-refractivity contribution is 5.91. The lowest BCUT2D eigenvalue weighted by Gasteiger charge is -2.26. The van der Waals surface area contributed by atoms with E-state index in [0.29, 0.717) is 12.8 Å². The van der Waals surface area contributed by atoms with Crippen molar-refractivity contribution in [2.24, 2.45) is 0 Å². The van der Waals surface area contributed by atoms with Crippen LogP contribution >= 0.6 is 0 Å². The SMILES string of the molecule is CC(C)(C)OC(=O)N1CCCC1.CCCCN(C(=O)NNC=O)C(=O)OC(C)(C)C. The van der Waals surface area contributed by atoms with Crippen molar-refractivity contribution < 1.29 is 28.7 Å². The van der Waals surface area contributed by atoms with Gasteiger partial charge in [-0.15, -0.1) is 0 Å². The summed E-state index contributed by atoms with van der Waals surface area (Å²) in [5, 5.41) is 0. The van der Waals surface area contributed by atoms with Crippen molar-refractivity contribution in [2.75, 3.05) is 19.6 Å². The number of nitrogens with one attached hydrogen (secondary N) is 2. The van der Waals surface area contributed by atoms with E-state index in [1.165, 1.54) is 0 Å². The van der Waals surface area contributed by atoms with Crippen molar-refractivity contribution in [3.8, 4) is 0 Å². The number of urea groups is 1. The molecule has 0 aromatic carbocycles. The monoisotopic (exact) mass is 430 g/mol. The van der Waals surface area contributed by atoms with E-state index in [2.05, 4.69) is 5.43 Å². The Morgan fingerprint density at radius 2 is 1.53 bits per heavy atom. The average molecular weight is 431 g/mol. The molecule has 0 aromatic heterocycles. The normalized spacial score (nSPS) is 13.5. The van der Waals surface area contributed by atoms with Crippen LogP contribution in [0.25, 0.3) is 0 Å². The number of imide groups is 1. The van der Waals surface area contributed by atoms with Gasteiger partial charge in [0.25, 0.3) is 0 Å². The fourth-order valence-corrected chi connectivity index (χ4v) is 2.29. The highest BCUT2D eigenvalue weighted by atomic mass is 16.6. The molecule has 1 rings (SSSR count). The van der Waals surface area contributed by atoms with Gasteiger partial charge in [0, 0.05) is 19.6 Å². The van der Waals surface area contributed by atoms with E-state index in [9.17, 15) is 19.2 Å². The lowest BCUT2D eigenvalue weighted by atomic mass is 10.2. The van der Waals surface area contributed by atoms with Crippen molar-refractivity contribution in [3.63, 3.8) is 0 Å². The van der Waals surface area contributed by atoms with Crippen LogP contribution < -0.4 is 10.9 Å². The van der Waals surface area contributed by atoms with E-state index in [-0.39, 0.29) is 18.2 Å². The van der Waals surface area contributed by atoms with Gasteiger partial charge in [0.05, 0.1) is 0 Å². The van der Waals surface area contributed by atoms with Gasteiger partial charge in [-0.2, -0.15) is 0 Å². The largest absolute Gasteiger partial charge is 0.444 e. The summed E-state index contributed by atoms with van der Waals surface area (Å²) in [6, 6.07) is -0.718. The van der Waals surface area contributed by atoms with E-state index in [0.717, 1.165) is 37.3 Å². The van der Waals surface area contributed by atoms with Gasteiger partial charge < -0.3 is 14.4 Å². The maximum Gasteiger partial charge on any atom is 0.418 e. The van der Waals surface area contributed by atoms with Crippen LogP contribution in [0.1, 0.15) is 74.1 Å². The molecular weight excluding hydrogens is 392 g/mol. The smallest absolute Gasteiger partial charge is 0.418 e. The zero-order chi connectivity index (χ0) is 23.4. The first-order valence-corrected chi connectivity index (χ1v) is 10.3. The Morgan fingerprint density at radius 3 is 1.97 bits per heavy atom. The number of carbonyl (C=O) groups excluding carboxylic acids is 4. The van der Waals surface area contributed by atoms with Crippen LogP contribution in [0.2, 0.25) is 0 Å². The number of amides is 5. The van der Waals surface area contributed by atoms with E-state index < -0.39 is 17.7 Å². The van der Waals surface area contributed by atoms with Crippen LogP contribution in [-0.2, 0) is 14.3 Å². The van der Waals surface area contributed by atoms with Gasteiger partial charge in [0.2, 0.25) is 6.41 Å². The number of hydrazine groups is 1. The first kappa shape index (κ1) is 27.5. The molecule has 1 saturated heterocycles. The average Bonchev–Trinajstić information content (AvgIpc) is 3.12. The molecule has 1 aliphatic heterocycles. The predicted octanol–water partition coefficient (Wildman–Crippen LogP) is 3.41. The number of hydrogen-bond acceptors (Lipinski definition) is 6. The van der Waals surface area contributed by atoms with Crippen molar-refractivity contribution in [3.05, 3.63) is 0 Å². The van der Waals surface area contributed by atoms with Gasteiger partial charge in [0.1, 0.15) is 11.2 Å². The summed E-state index contributed by atoms with van der Waals surface area (Å²) in [5.74, 6) is 0. The zero-order valence-corrected chi connectivity index (χ0v) is 19.4. The van der Waals surface area contributed by atoms with Crippen LogP contribution in [0.5, 0.6) is 0 Å². The molecule has 2 N–H and O–H groups in total. The second kappa shape index (κ2) is 12.9. The number of carbonyl (C=O) groups is 4. The van der Waals surface area contributed by atoms with Crippen LogP contribution in [0, 0.1) is 0 Å². The van der Waals surface area contributed by atoms with E-state index in [1.54, 1.807) is 25.7 Å². The Labute approximate surface area is 179 Å². The number of likely N-dealkylation sites (tertiary alicyclic amines) is 1. The second-order valence-electron chi connectivity index (χ2n) is 8.85. The summed E-state index contributed by atoms with van der Waals surface area (Å²) in [4.78, 5) is 47.6. The fraction of sp³-hybridized carbons (Fsp3) is 0.800. The zero-order valence-electron chi connectivity index (χ0n) is 19.4. The molecule has 0 spiro atoms. The molecule has 10 heteroatoms. The third kappa shape index (κ3) is 12.8. The van der Waals surface area contributed by atoms with Gasteiger partial charge in [-0.25, -0.2) is 24.7 Å². The highest BCUT2D eigenvalue weighted by Gasteiger charge is 2.26. The van der Waals surface area contributed by atoms with E-state index in [1.807, 2.05) is 33.1 Å². The maximum atomic E-state index is 11.8. The molecule has 0 unspecified atom stereocenters. The van der Waals surface area contributed by atoms with Gasteiger partial charge in [-0.1, -0.05) is 13.3 Å². The summed E-state index contributed by atoms with van der Waals surface area (Å²) in [6.07, 6.45) is 3.12. The third-order valence-electron chi connectivity index (χ3n) is 3.59. The Bertz CT molecular complexity index is 563. The summed E-state index contributed by atoms with van der Waals surface area (Å²) in [6.45, 7) is 14.7. The molecule has 0 bridgehead atoms. The van der Waals surface area contributed by atoms with Crippen molar-refractivity contribution in [1.29, 1.82) is 0 Å². The van der Waals surface area contributed by atoms with Gasteiger partial charge >= 0.3 is 18.2 Å². The van der Waals surface area contributed by atoms with Gasteiger partial charge in [-0.3, -0.25) is 10.2 Å². The molecule has 30 heavy (non-hydrogen) atoms. The molecule has 0 aromatic rings. The molecule has 0 saturated carbocycles. The Hall–Kier alpha value is -2.52. The quantitative estimate of drug-likeness (QED) is 0.510. The summed E-state index contributed by atoms with van der Waals surface area (Å²) in [5.41, 5.74) is 3.03. The minimum Gasteiger partial charge on any atom is -0.444 e. The molecule has 1 aliphatic rings. The first-order chi connectivity index (χ1) is 13.8. The maximum absolute atomic E-state index is 11.8. The first-order valence-electron chi connectivity index (χ1n) is 10.3. The minimum absolute atomic E-state index is 0.167. The molecule has 1 heterocycles. The second-order valence-corrected chi connectivity index (χ2v) is 8.85. The molecule has 1 fully saturated rings. The lowest BCUT2D eigenvalue weighted by Crippen LogP contribution is -2.50. The molecule has 174 valence electrons. The van der Waals surface area contributed by atoms with Crippen LogP contribution in [0.4, 0.5) is 14.4 Å². The summed E-state index contributed by atoms with van der Waals surface area (Å²) >= 11 is 0.